The van der Waals surface area contributed by atoms with Crippen LogP contribution in [0.25, 0.3) is 0 Å². The lowest BCUT2D eigenvalue weighted by atomic mass is 10.2. The number of carboxylic acids is 1. The zero-order valence-electron chi connectivity index (χ0n) is 8.04. The summed E-state index contributed by atoms with van der Waals surface area (Å²) in [6, 6.07) is 4.31. The summed E-state index contributed by atoms with van der Waals surface area (Å²) < 4.78 is 18.5. The van der Waals surface area contributed by atoms with Crippen LogP contribution in [0.2, 0.25) is 0 Å². The largest absolute Gasteiger partial charge is 0.479 e. The summed E-state index contributed by atoms with van der Waals surface area (Å²) in [5, 5.41) is 8.56. The van der Waals surface area contributed by atoms with Gasteiger partial charge in [0.15, 0.2) is 6.10 Å². The van der Waals surface area contributed by atoms with E-state index in [9.17, 15) is 9.18 Å². The molecule has 0 aliphatic rings. The zero-order valence-corrected chi connectivity index (χ0v) is 9.62. The highest BCUT2D eigenvalue weighted by atomic mass is 79.9. The lowest BCUT2D eigenvalue weighted by Gasteiger charge is -2.08. The van der Waals surface area contributed by atoms with Gasteiger partial charge in [0.2, 0.25) is 0 Å². The molecule has 0 aromatic heterocycles. The highest BCUT2D eigenvalue weighted by molar-refractivity contribution is 9.10. The van der Waals surface area contributed by atoms with Gasteiger partial charge in [0.1, 0.15) is 5.82 Å². The Morgan fingerprint density at radius 3 is 2.80 bits per heavy atom. The third-order valence-electron chi connectivity index (χ3n) is 1.77. The molecule has 0 amide bonds. The summed E-state index contributed by atoms with van der Waals surface area (Å²) >= 11 is 3.14. The summed E-state index contributed by atoms with van der Waals surface area (Å²) in [5.41, 5.74) is 0.593. The van der Waals surface area contributed by atoms with Crippen LogP contribution >= 0.6 is 15.9 Å². The molecule has 0 spiro atoms. The van der Waals surface area contributed by atoms with Gasteiger partial charge in [-0.25, -0.2) is 9.18 Å². The van der Waals surface area contributed by atoms with E-state index in [4.69, 9.17) is 9.84 Å². The summed E-state index contributed by atoms with van der Waals surface area (Å²) in [4.78, 5) is 10.4. The number of rotatable bonds is 4. The number of carboxylic acid groups (broad SMARTS) is 1. The van der Waals surface area contributed by atoms with Crippen LogP contribution in [0.4, 0.5) is 4.39 Å². The first-order valence-corrected chi connectivity index (χ1v) is 5.07. The van der Waals surface area contributed by atoms with E-state index in [0.29, 0.717) is 10.0 Å². The van der Waals surface area contributed by atoms with Crippen molar-refractivity contribution in [2.45, 2.75) is 19.6 Å². The third-order valence-corrected chi connectivity index (χ3v) is 2.23. The fourth-order valence-corrected chi connectivity index (χ4v) is 1.50. The van der Waals surface area contributed by atoms with Crippen molar-refractivity contribution in [3.8, 4) is 0 Å². The summed E-state index contributed by atoms with van der Waals surface area (Å²) in [6.45, 7) is 1.50. The van der Waals surface area contributed by atoms with Gasteiger partial charge in [-0.2, -0.15) is 0 Å². The maximum Gasteiger partial charge on any atom is 0.332 e. The Bertz CT molecular complexity index is 347. The van der Waals surface area contributed by atoms with E-state index < -0.39 is 12.1 Å². The van der Waals surface area contributed by atoms with Crippen LogP contribution in [0, 0.1) is 5.82 Å². The van der Waals surface area contributed by atoms with Crippen molar-refractivity contribution >= 4 is 21.9 Å². The van der Waals surface area contributed by atoms with Crippen molar-refractivity contribution in [3.05, 3.63) is 34.1 Å². The minimum atomic E-state index is -1.04. The first-order chi connectivity index (χ1) is 6.99. The Labute approximate surface area is 95.0 Å². The van der Waals surface area contributed by atoms with Crippen molar-refractivity contribution in [2.24, 2.45) is 0 Å². The van der Waals surface area contributed by atoms with E-state index in [2.05, 4.69) is 15.9 Å². The molecule has 1 aromatic carbocycles. The first kappa shape index (κ1) is 12.1. The molecule has 0 aliphatic heterocycles. The molecule has 82 valence electrons. The van der Waals surface area contributed by atoms with Gasteiger partial charge >= 0.3 is 5.97 Å². The van der Waals surface area contributed by atoms with Crippen molar-refractivity contribution in [1.82, 2.24) is 0 Å². The van der Waals surface area contributed by atoms with Crippen LogP contribution in [0.1, 0.15) is 12.5 Å². The average molecular weight is 277 g/mol. The number of halogens is 2. The predicted molar refractivity (Wildman–Crippen MR) is 56.0 cm³/mol. The van der Waals surface area contributed by atoms with Crippen LogP contribution in [-0.2, 0) is 16.1 Å². The Kier molecular flexibility index (Phi) is 4.23. The number of hydrogen-bond donors (Lipinski definition) is 1. The molecular formula is C10H10BrFO3. The molecule has 0 saturated heterocycles. The average Bonchev–Trinajstić information content (AvgIpc) is 2.12. The zero-order chi connectivity index (χ0) is 11.4. The SMILES string of the molecule is C[C@@H](OCc1cc(F)cc(Br)c1)C(=O)O. The highest BCUT2D eigenvalue weighted by Gasteiger charge is 2.11. The number of benzene rings is 1. The number of carbonyl (C=O) groups is 1. The molecule has 0 unspecified atom stereocenters. The van der Waals surface area contributed by atoms with E-state index in [1.165, 1.54) is 19.1 Å². The van der Waals surface area contributed by atoms with Gasteiger partial charge < -0.3 is 9.84 Å². The smallest absolute Gasteiger partial charge is 0.332 e. The molecule has 0 fully saturated rings. The maximum absolute atomic E-state index is 12.9. The molecular weight excluding hydrogens is 267 g/mol. The monoisotopic (exact) mass is 276 g/mol. The topological polar surface area (TPSA) is 46.5 Å². The molecule has 3 nitrogen and oxygen atoms in total. The van der Waals surface area contributed by atoms with Crippen LogP contribution in [0.15, 0.2) is 22.7 Å². The van der Waals surface area contributed by atoms with Crippen molar-refractivity contribution < 1.29 is 19.0 Å². The fraction of sp³-hybridized carbons (Fsp3) is 0.300. The second-order valence-corrected chi connectivity index (χ2v) is 3.98. The first-order valence-electron chi connectivity index (χ1n) is 4.28. The lowest BCUT2D eigenvalue weighted by Crippen LogP contribution is -2.19. The quantitative estimate of drug-likeness (QED) is 0.920. The molecule has 0 heterocycles. The van der Waals surface area contributed by atoms with Crippen molar-refractivity contribution in [1.29, 1.82) is 0 Å². The van der Waals surface area contributed by atoms with Gasteiger partial charge in [-0.1, -0.05) is 15.9 Å². The van der Waals surface area contributed by atoms with Gasteiger partial charge in [-0.3, -0.25) is 0 Å². The van der Waals surface area contributed by atoms with Crippen molar-refractivity contribution in [2.75, 3.05) is 0 Å². The molecule has 1 aromatic rings. The molecule has 0 saturated carbocycles. The van der Waals surface area contributed by atoms with Gasteiger partial charge in [-0.05, 0) is 30.7 Å². The fourth-order valence-electron chi connectivity index (χ4n) is 0.987. The van der Waals surface area contributed by atoms with Gasteiger partial charge in [0.05, 0.1) is 6.61 Å². The molecule has 15 heavy (non-hydrogen) atoms. The minimum absolute atomic E-state index is 0.0732. The van der Waals surface area contributed by atoms with Gasteiger partial charge in [0, 0.05) is 4.47 Å². The van der Waals surface area contributed by atoms with E-state index in [1.54, 1.807) is 6.07 Å². The summed E-state index contributed by atoms with van der Waals surface area (Å²) in [6.07, 6.45) is -0.896. The second kappa shape index (κ2) is 5.23. The van der Waals surface area contributed by atoms with Crippen LogP contribution < -0.4 is 0 Å². The number of aliphatic carboxylic acids is 1. The van der Waals surface area contributed by atoms with Crippen molar-refractivity contribution in [3.63, 3.8) is 0 Å². The maximum atomic E-state index is 12.9. The Morgan fingerprint density at radius 1 is 1.60 bits per heavy atom. The molecule has 0 bridgehead atoms. The molecule has 0 aliphatic carbocycles. The van der Waals surface area contributed by atoms with Crippen LogP contribution in [0.5, 0.6) is 0 Å². The standard InChI is InChI=1S/C10H10BrFO3/c1-6(10(13)14)15-5-7-2-8(11)4-9(12)3-7/h2-4,6H,5H2,1H3,(H,13,14)/t6-/m1/s1. The van der Waals surface area contributed by atoms with E-state index >= 15 is 0 Å². The van der Waals surface area contributed by atoms with Gasteiger partial charge in [-0.15, -0.1) is 0 Å². The van der Waals surface area contributed by atoms with E-state index in [-0.39, 0.29) is 12.4 Å². The van der Waals surface area contributed by atoms with Crippen LogP contribution in [-0.4, -0.2) is 17.2 Å². The minimum Gasteiger partial charge on any atom is -0.479 e. The number of ether oxygens (including phenoxy) is 1. The molecule has 5 heteroatoms. The highest BCUT2D eigenvalue weighted by Crippen LogP contribution is 2.15. The third kappa shape index (κ3) is 3.97. The normalized spacial score (nSPS) is 12.5. The van der Waals surface area contributed by atoms with Gasteiger partial charge in [0.25, 0.3) is 0 Å². The predicted octanol–water partition coefficient (Wildman–Crippen LogP) is 2.58. The second-order valence-electron chi connectivity index (χ2n) is 3.07. The Morgan fingerprint density at radius 2 is 2.27 bits per heavy atom. The number of hydrogen-bond acceptors (Lipinski definition) is 2. The Balaban J connectivity index is 2.61. The van der Waals surface area contributed by atoms with E-state index in [1.807, 2.05) is 0 Å². The summed E-state index contributed by atoms with van der Waals surface area (Å²) in [7, 11) is 0. The molecule has 1 rings (SSSR count). The molecule has 1 N–H and O–H groups in total. The molecule has 0 radical (unpaired) electrons. The Hall–Kier alpha value is -0.940. The molecule has 1 atom stereocenters. The van der Waals surface area contributed by atoms with Crippen LogP contribution in [0.3, 0.4) is 0 Å². The summed E-state index contributed by atoms with van der Waals surface area (Å²) in [5.74, 6) is -1.42. The lowest BCUT2D eigenvalue weighted by molar-refractivity contribution is -0.149. The van der Waals surface area contributed by atoms with E-state index in [0.717, 1.165) is 0 Å².